The third-order valence-electron chi connectivity index (χ3n) is 5.87. The highest BCUT2D eigenvalue weighted by atomic mass is 16.5. The van der Waals surface area contributed by atoms with Gasteiger partial charge in [0.2, 0.25) is 11.8 Å². The second kappa shape index (κ2) is 8.96. The summed E-state index contributed by atoms with van der Waals surface area (Å²) >= 11 is 0. The average Bonchev–Trinajstić information content (AvgIpc) is 2.67. The van der Waals surface area contributed by atoms with E-state index < -0.39 is 0 Å². The van der Waals surface area contributed by atoms with E-state index in [1.165, 1.54) is 0 Å². The SMILES string of the molecule is NC(=O)CCN1CCC(N2CCC[C@H](C(=O)N3CCOCC3)C2)CC1. The van der Waals surface area contributed by atoms with E-state index in [1.807, 2.05) is 4.90 Å². The van der Waals surface area contributed by atoms with Gasteiger partial charge in [-0.25, -0.2) is 0 Å². The zero-order valence-corrected chi connectivity index (χ0v) is 15.2. The van der Waals surface area contributed by atoms with Gasteiger partial charge in [-0.2, -0.15) is 0 Å². The highest BCUT2D eigenvalue weighted by molar-refractivity contribution is 5.79. The number of hydrogen-bond acceptors (Lipinski definition) is 5. The lowest BCUT2D eigenvalue weighted by atomic mass is 9.92. The molecule has 2 N–H and O–H groups in total. The van der Waals surface area contributed by atoms with Gasteiger partial charge in [0.05, 0.1) is 19.1 Å². The molecule has 142 valence electrons. The van der Waals surface area contributed by atoms with E-state index in [1.54, 1.807) is 0 Å². The van der Waals surface area contributed by atoms with Crippen LogP contribution < -0.4 is 5.73 Å². The maximum Gasteiger partial charge on any atom is 0.227 e. The largest absolute Gasteiger partial charge is 0.378 e. The van der Waals surface area contributed by atoms with Gasteiger partial charge >= 0.3 is 0 Å². The Bertz CT molecular complexity index is 459. The van der Waals surface area contributed by atoms with E-state index in [2.05, 4.69) is 9.80 Å². The predicted molar refractivity (Wildman–Crippen MR) is 95.0 cm³/mol. The lowest BCUT2D eigenvalue weighted by molar-refractivity contribution is -0.142. The van der Waals surface area contributed by atoms with Gasteiger partial charge in [0.15, 0.2) is 0 Å². The molecular formula is C18H32N4O3. The molecule has 0 aliphatic carbocycles. The Balaban J connectivity index is 1.45. The number of nitrogens with zero attached hydrogens (tertiary/aromatic N) is 3. The number of carbonyl (C=O) groups is 2. The molecule has 0 aromatic rings. The molecule has 3 aliphatic rings. The molecule has 0 unspecified atom stereocenters. The number of morpholine rings is 1. The van der Waals surface area contributed by atoms with Gasteiger partial charge in [-0.1, -0.05) is 0 Å². The van der Waals surface area contributed by atoms with Gasteiger partial charge < -0.3 is 20.3 Å². The van der Waals surface area contributed by atoms with E-state index >= 15 is 0 Å². The van der Waals surface area contributed by atoms with Crippen molar-refractivity contribution in [3.63, 3.8) is 0 Å². The fourth-order valence-corrected chi connectivity index (χ4v) is 4.36. The summed E-state index contributed by atoms with van der Waals surface area (Å²) in [6, 6.07) is 0.574. The van der Waals surface area contributed by atoms with Crippen LogP contribution in [0, 0.1) is 5.92 Å². The second-order valence-corrected chi connectivity index (χ2v) is 7.56. The van der Waals surface area contributed by atoms with Gasteiger partial charge in [0, 0.05) is 38.6 Å². The molecule has 0 saturated carbocycles. The Morgan fingerprint density at radius 2 is 1.72 bits per heavy atom. The molecule has 3 heterocycles. The van der Waals surface area contributed by atoms with Crippen molar-refractivity contribution in [2.45, 2.75) is 38.1 Å². The Labute approximate surface area is 150 Å². The van der Waals surface area contributed by atoms with Crippen LogP contribution in [-0.4, -0.2) is 91.6 Å². The molecule has 2 amide bonds. The topological polar surface area (TPSA) is 79.1 Å². The summed E-state index contributed by atoms with van der Waals surface area (Å²) in [5, 5.41) is 0. The van der Waals surface area contributed by atoms with Gasteiger partial charge in [-0.05, 0) is 45.3 Å². The lowest BCUT2D eigenvalue weighted by Crippen LogP contribution is -2.52. The minimum atomic E-state index is -0.220. The van der Waals surface area contributed by atoms with Crippen LogP contribution in [0.5, 0.6) is 0 Å². The molecular weight excluding hydrogens is 320 g/mol. The highest BCUT2D eigenvalue weighted by Gasteiger charge is 2.33. The lowest BCUT2D eigenvalue weighted by Gasteiger charge is -2.43. The number of amides is 2. The minimum absolute atomic E-state index is 0.153. The van der Waals surface area contributed by atoms with Crippen LogP contribution >= 0.6 is 0 Å². The number of piperidine rings is 2. The number of nitrogens with two attached hydrogens (primary N) is 1. The Hall–Kier alpha value is -1.18. The maximum absolute atomic E-state index is 12.8. The van der Waals surface area contributed by atoms with Gasteiger partial charge in [0.25, 0.3) is 0 Å². The quantitative estimate of drug-likeness (QED) is 0.747. The molecule has 0 aromatic carbocycles. The summed E-state index contributed by atoms with van der Waals surface area (Å²) in [6.07, 6.45) is 4.83. The molecule has 3 saturated heterocycles. The molecule has 1 atom stereocenters. The van der Waals surface area contributed by atoms with Crippen molar-refractivity contribution in [1.29, 1.82) is 0 Å². The maximum atomic E-state index is 12.8. The van der Waals surface area contributed by atoms with Crippen molar-refractivity contribution in [2.24, 2.45) is 11.7 Å². The molecule has 7 nitrogen and oxygen atoms in total. The molecule has 3 rings (SSSR count). The first-order chi connectivity index (χ1) is 12.1. The van der Waals surface area contributed by atoms with Crippen LogP contribution in [-0.2, 0) is 14.3 Å². The predicted octanol–water partition coefficient (Wildman–Crippen LogP) is -0.103. The molecule has 25 heavy (non-hydrogen) atoms. The Morgan fingerprint density at radius 1 is 1.00 bits per heavy atom. The molecule has 3 fully saturated rings. The fraction of sp³-hybridized carbons (Fsp3) is 0.889. The third kappa shape index (κ3) is 5.15. The summed E-state index contributed by atoms with van der Waals surface area (Å²) < 4.78 is 5.36. The van der Waals surface area contributed by atoms with E-state index in [4.69, 9.17) is 10.5 Å². The Kier molecular flexibility index (Phi) is 6.67. The number of likely N-dealkylation sites (tertiary alicyclic amines) is 2. The number of ether oxygens (including phenoxy) is 1. The second-order valence-electron chi connectivity index (χ2n) is 7.56. The number of primary amides is 1. The summed E-state index contributed by atoms with van der Waals surface area (Å²) in [5.41, 5.74) is 5.24. The first-order valence-electron chi connectivity index (χ1n) is 9.74. The van der Waals surface area contributed by atoms with Crippen molar-refractivity contribution in [3.8, 4) is 0 Å². The van der Waals surface area contributed by atoms with Crippen LogP contribution in [0.3, 0.4) is 0 Å². The summed E-state index contributed by atoms with van der Waals surface area (Å²) in [4.78, 5) is 30.6. The van der Waals surface area contributed by atoms with Crippen molar-refractivity contribution < 1.29 is 14.3 Å². The molecule has 0 bridgehead atoms. The fourth-order valence-electron chi connectivity index (χ4n) is 4.36. The zero-order chi connectivity index (χ0) is 17.6. The van der Waals surface area contributed by atoms with Crippen LogP contribution in [0.1, 0.15) is 32.1 Å². The summed E-state index contributed by atoms with van der Waals surface area (Å²) in [7, 11) is 0. The van der Waals surface area contributed by atoms with Gasteiger partial charge in [-0.3, -0.25) is 14.5 Å². The smallest absolute Gasteiger partial charge is 0.227 e. The molecule has 0 spiro atoms. The van der Waals surface area contributed by atoms with Crippen LogP contribution in [0.2, 0.25) is 0 Å². The van der Waals surface area contributed by atoms with Crippen molar-refractivity contribution in [2.75, 3.05) is 59.0 Å². The van der Waals surface area contributed by atoms with Crippen molar-refractivity contribution in [1.82, 2.24) is 14.7 Å². The highest BCUT2D eigenvalue weighted by Crippen LogP contribution is 2.25. The number of hydrogen-bond donors (Lipinski definition) is 1. The monoisotopic (exact) mass is 352 g/mol. The van der Waals surface area contributed by atoms with Crippen LogP contribution in [0.15, 0.2) is 0 Å². The first-order valence-corrected chi connectivity index (χ1v) is 9.74. The van der Waals surface area contributed by atoms with Gasteiger partial charge in [0.1, 0.15) is 0 Å². The number of carbonyl (C=O) groups excluding carboxylic acids is 2. The third-order valence-corrected chi connectivity index (χ3v) is 5.87. The van der Waals surface area contributed by atoms with E-state index in [-0.39, 0.29) is 11.8 Å². The normalized spacial score (nSPS) is 27.4. The first kappa shape index (κ1) is 18.6. The minimum Gasteiger partial charge on any atom is -0.378 e. The van der Waals surface area contributed by atoms with Crippen molar-refractivity contribution in [3.05, 3.63) is 0 Å². The molecule has 0 aromatic heterocycles. The summed E-state index contributed by atoms with van der Waals surface area (Å²) in [6.45, 7) is 7.67. The van der Waals surface area contributed by atoms with Crippen LogP contribution in [0.25, 0.3) is 0 Å². The van der Waals surface area contributed by atoms with Crippen molar-refractivity contribution >= 4 is 11.8 Å². The van der Waals surface area contributed by atoms with E-state index in [0.29, 0.717) is 31.6 Å². The number of rotatable bonds is 5. The molecule has 3 aliphatic heterocycles. The Morgan fingerprint density at radius 3 is 2.40 bits per heavy atom. The average molecular weight is 352 g/mol. The van der Waals surface area contributed by atoms with E-state index in [9.17, 15) is 9.59 Å². The molecule has 0 radical (unpaired) electrons. The van der Waals surface area contributed by atoms with Gasteiger partial charge in [-0.15, -0.1) is 0 Å². The van der Waals surface area contributed by atoms with E-state index in [0.717, 1.165) is 71.5 Å². The summed E-state index contributed by atoms with van der Waals surface area (Å²) in [5.74, 6) is 0.259. The molecule has 7 heteroatoms. The zero-order valence-electron chi connectivity index (χ0n) is 15.2. The van der Waals surface area contributed by atoms with Crippen LogP contribution in [0.4, 0.5) is 0 Å². The standard InChI is InChI=1S/C18H32N4O3/c19-17(23)5-9-20-7-3-16(4-8-20)22-6-1-2-15(14-22)18(24)21-10-12-25-13-11-21/h15-16H,1-14H2,(H2,19,23)/t15-/m0/s1.